The zero-order valence-electron chi connectivity index (χ0n) is 11.9. The lowest BCUT2D eigenvalue weighted by molar-refractivity contribution is -0.131. The molecule has 1 heterocycles. The van der Waals surface area contributed by atoms with Crippen LogP contribution in [0.1, 0.15) is 12.8 Å². The molecule has 0 atom stereocenters. The summed E-state index contributed by atoms with van der Waals surface area (Å²) in [5.41, 5.74) is 0.454. The minimum Gasteiger partial charge on any atom is -0.495 e. The molecule has 0 bridgehead atoms. The number of carbonyl (C=O) groups excluding carboxylic acids is 2. The van der Waals surface area contributed by atoms with E-state index in [4.69, 9.17) is 21.1 Å². The van der Waals surface area contributed by atoms with Crippen molar-refractivity contribution in [2.45, 2.75) is 12.8 Å². The van der Waals surface area contributed by atoms with Gasteiger partial charge in [-0.3, -0.25) is 9.59 Å². The topological polar surface area (TPSA) is 67.9 Å². The number of hydrogen-bond acceptors (Lipinski definition) is 4. The summed E-state index contributed by atoms with van der Waals surface area (Å²) in [6, 6.07) is 3.15. The standard InChI is InChI=1S/C14H17ClN2O4/c1-20-11-7-10(12(21-2)6-9(11)15)16-13(18)8-17-5-3-4-14(17)19/h6-7H,3-5,8H2,1-2H3,(H,16,18). The van der Waals surface area contributed by atoms with Crippen LogP contribution >= 0.6 is 11.6 Å². The molecule has 0 radical (unpaired) electrons. The molecule has 114 valence electrons. The van der Waals surface area contributed by atoms with Gasteiger partial charge in [-0.25, -0.2) is 0 Å². The molecule has 1 aromatic carbocycles. The second-order valence-corrected chi connectivity index (χ2v) is 5.06. The summed E-state index contributed by atoms with van der Waals surface area (Å²) in [5, 5.41) is 3.11. The molecule has 1 fully saturated rings. The molecule has 0 aromatic heterocycles. The van der Waals surface area contributed by atoms with Gasteiger partial charge in [-0.2, -0.15) is 0 Å². The predicted molar refractivity (Wildman–Crippen MR) is 79.0 cm³/mol. The Balaban J connectivity index is 2.10. The fourth-order valence-corrected chi connectivity index (χ4v) is 2.42. The van der Waals surface area contributed by atoms with E-state index in [9.17, 15) is 9.59 Å². The Morgan fingerprint density at radius 2 is 2.05 bits per heavy atom. The number of nitrogens with one attached hydrogen (secondary N) is 1. The maximum absolute atomic E-state index is 12.0. The first-order valence-corrected chi connectivity index (χ1v) is 6.92. The lowest BCUT2D eigenvalue weighted by Gasteiger charge is -2.17. The van der Waals surface area contributed by atoms with Gasteiger partial charge in [-0.15, -0.1) is 0 Å². The van der Waals surface area contributed by atoms with Gasteiger partial charge in [0.25, 0.3) is 0 Å². The second-order valence-electron chi connectivity index (χ2n) is 4.65. The van der Waals surface area contributed by atoms with Gasteiger partial charge in [-0.05, 0) is 6.42 Å². The van der Waals surface area contributed by atoms with Crippen LogP contribution in [0.4, 0.5) is 5.69 Å². The molecule has 1 saturated heterocycles. The summed E-state index contributed by atoms with van der Waals surface area (Å²) >= 11 is 6.00. The van der Waals surface area contributed by atoms with Crippen LogP contribution in [0, 0.1) is 0 Å². The molecule has 21 heavy (non-hydrogen) atoms. The zero-order chi connectivity index (χ0) is 15.4. The molecule has 7 heteroatoms. The highest BCUT2D eigenvalue weighted by atomic mass is 35.5. The van der Waals surface area contributed by atoms with E-state index >= 15 is 0 Å². The van der Waals surface area contributed by atoms with Crippen molar-refractivity contribution in [3.05, 3.63) is 17.2 Å². The number of rotatable bonds is 5. The Hall–Kier alpha value is -1.95. The summed E-state index contributed by atoms with van der Waals surface area (Å²) in [7, 11) is 2.97. The van der Waals surface area contributed by atoms with E-state index in [1.54, 1.807) is 12.1 Å². The third-order valence-corrected chi connectivity index (χ3v) is 3.55. The normalized spacial score (nSPS) is 14.2. The first-order chi connectivity index (χ1) is 10.0. The van der Waals surface area contributed by atoms with Crippen molar-refractivity contribution >= 4 is 29.1 Å². The van der Waals surface area contributed by atoms with Gasteiger partial charge in [-0.1, -0.05) is 11.6 Å². The number of anilines is 1. The lowest BCUT2D eigenvalue weighted by atomic mass is 10.2. The molecule has 1 aliphatic heterocycles. The van der Waals surface area contributed by atoms with E-state index in [1.165, 1.54) is 19.1 Å². The molecule has 0 aliphatic carbocycles. The van der Waals surface area contributed by atoms with Gasteiger partial charge in [0, 0.05) is 25.1 Å². The largest absolute Gasteiger partial charge is 0.495 e. The van der Waals surface area contributed by atoms with E-state index in [0.717, 1.165) is 6.42 Å². The molecule has 2 amide bonds. The van der Waals surface area contributed by atoms with Crippen LogP contribution in [0.15, 0.2) is 12.1 Å². The fourth-order valence-electron chi connectivity index (χ4n) is 2.19. The highest BCUT2D eigenvalue weighted by Gasteiger charge is 2.23. The van der Waals surface area contributed by atoms with Gasteiger partial charge < -0.3 is 19.7 Å². The first kappa shape index (κ1) is 15.4. The Morgan fingerprint density at radius 3 is 2.62 bits per heavy atom. The molecule has 1 aromatic rings. The number of benzene rings is 1. The second kappa shape index (κ2) is 6.67. The van der Waals surface area contributed by atoms with Gasteiger partial charge >= 0.3 is 0 Å². The predicted octanol–water partition coefficient (Wildman–Crippen LogP) is 1.92. The van der Waals surface area contributed by atoms with Crippen LogP contribution < -0.4 is 14.8 Å². The highest BCUT2D eigenvalue weighted by molar-refractivity contribution is 6.32. The summed E-state index contributed by atoms with van der Waals surface area (Å²) < 4.78 is 10.3. The van der Waals surface area contributed by atoms with Gasteiger partial charge in [0.2, 0.25) is 11.8 Å². The van der Waals surface area contributed by atoms with Crippen molar-refractivity contribution in [1.29, 1.82) is 0 Å². The highest BCUT2D eigenvalue weighted by Crippen LogP contribution is 2.35. The number of amides is 2. The summed E-state index contributed by atoms with van der Waals surface area (Å²) in [6.07, 6.45) is 1.30. The van der Waals surface area contributed by atoms with Crippen LogP contribution in [0.5, 0.6) is 11.5 Å². The molecule has 6 nitrogen and oxygen atoms in total. The van der Waals surface area contributed by atoms with Crippen molar-refractivity contribution in [3.63, 3.8) is 0 Å². The average molecular weight is 313 g/mol. The van der Waals surface area contributed by atoms with Crippen LogP contribution in [0.3, 0.4) is 0 Å². The average Bonchev–Trinajstić information content (AvgIpc) is 2.85. The van der Waals surface area contributed by atoms with Crippen LogP contribution in [0.2, 0.25) is 5.02 Å². The van der Waals surface area contributed by atoms with Crippen molar-refractivity contribution in [2.24, 2.45) is 0 Å². The molecule has 0 unspecified atom stereocenters. The maximum Gasteiger partial charge on any atom is 0.244 e. The molecular weight excluding hydrogens is 296 g/mol. The minimum absolute atomic E-state index is 0.00537. The third kappa shape index (κ3) is 3.58. The molecule has 1 N–H and O–H groups in total. The number of likely N-dealkylation sites (tertiary alicyclic amines) is 1. The lowest BCUT2D eigenvalue weighted by Crippen LogP contribution is -2.34. The van der Waals surface area contributed by atoms with Crippen LogP contribution in [0.25, 0.3) is 0 Å². The number of methoxy groups -OCH3 is 2. The number of ether oxygens (including phenoxy) is 2. The van der Waals surface area contributed by atoms with Crippen molar-refractivity contribution in [1.82, 2.24) is 4.90 Å². The van der Waals surface area contributed by atoms with Crippen LogP contribution in [-0.2, 0) is 9.59 Å². The van der Waals surface area contributed by atoms with Crippen molar-refractivity contribution < 1.29 is 19.1 Å². The van der Waals surface area contributed by atoms with E-state index < -0.39 is 0 Å². The summed E-state index contributed by atoms with van der Waals surface area (Å²) in [4.78, 5) is 25.1. The van der Waals surface area contributed by atoms with Crippen LogP contribution in [-0.4, -0.2) is 44.0 Å². The third-order valence-electron chi connectivity index (χ3n) is 3.25. The summed E-state index contributed by atoms with van der Waals surface area (Å²) in [6.45, 7) is 0.653. The number of carbonyl (C=O) groups is 2. The first-order valence-electron chi connectivity index (χ1n) is 6.54. The summed E-state index contributed by atoms with van der Waals surface area (Å²) in [5.74, 6) is 0.589. The van der Waals surface area contributed by atoms with E-state index in [1.807, 2.05) is 0 Å². The molecule has 2 rings (SSSR count). The van der Waals surface area contributed by atoms with Gasteiger partial charge in [0.15, 0.2) is 0 Å². The minimum atomic E-state index is -0.284. The Morgan fingerprint density at radius 1 is 1.33 bits per heavy atom. The van der Waals surface area contributed by atoms with Crippen molar-refractivity contribution in [2.75, 3.05) is 32.6 Å². The van der Waals surface area contributed by atoms with Crippen molar-refractivity contribution in [3.8, 4) is 11.5 Å². The number of nitrogens with zero attached hydrogens (tertiary/aromatic N) is 1. The molecular formula is C14H17ClN2O4. The van der Waals surface area contributed by atoms with Gasteiger partial charge in [0.05, 0.1) is 31.5 Å². The van der Waals surface area contributed by atoms with Gasteiger partial charge in [0.1, 0.15) is 11.5 Å². The monoisotopic (exact) mass is 312 g/mol. The molecule has 1 aliphatic rings. The maximum atomic E-state index is 12.0. The Kier molecular flexibility index (Phi) is 4.90. The van der Waals surface area contributed by atoms with E-state index in [2.05, 4.69) is 5.32 Å². The zero-order valence-corrected chi connectivity index (χ0v) is 12.7. The Labute approximate surface area is 128 Å². The number of hydrogen-bond donors (Lipinski definition) is 1. The van der Waals surface area contributed by atoms with E-state index in [0.29, 0.717) is 35.2 Å². The quantitative estimate of drug-likeness (QED) is 0.902. The Bertz CT molecular complexity index is 562. The number of halogens is 1. The SMILES string of the molecule is COc1cc(NC(=O)CN2CCCC2=O)c(OC)cc1Cl. The molecule has 0 saturated carbocycles. The molecule has 0 spiro atoms. The fraction of sp³-hybridized carbons (Fsp3) is 0.429. The smallest absolute Gasteiger partial charge is 0.244 e. The van der Waals surface area contributed by atoms with E-state index in [-0.39, 0.29) is 18.4 Å².